The summed E-state index contributed by atoms with van der Waals surface area (Å²) >= 11 is 0. The fourth-order valence-electron chi connectivity index (χ4n) is 4.50. The van der Waals surface area contributed by atoms with Crippen LogP contribution in [0.5, 0.6) is 5.75 Å². The Morgan fingerprint density at radius 3 is 2.34 bits per heavy atom. The lowest BCUT2D eigenvalue weighted by atomic mass is 10.00. The number of nitrogens with zero attached hydrogens (tertiary/aromatic N) is 2. The molecule has 0 aliphatic heterocycles. The molecule has 0 aliphatic carbocycles. The first-order valence-corrected chi connectivity index (χ1v) is 13.8. The van der Waals surface area contributed by atoms with E-state index in [4.69, 9.17) is 4.74 Å². The number of para-hydroxylation sites is 1. The van der Waals surface area contributed by atoms with Crippen molar-refractivity contribution in [3.05, 3.63) is 96.3 Å². The van der Waals surface area contributed by atoms with Crippen molar-refractivity contribution in [2.75, 3.05) is 19.5 Å². The van der Waals surface area contributed by atoms with E-state index in [-0.39, 0.29) is 21.8 Å². The van der Waals surface area contributed by atoms with E-state index in [2.05, 4.69) is 15.0 Å². The van der Waals surface area contributed by atoms with Gasteiger partial charge in [0.05, 0.1) is 30.4 Å². The zero-order chi connectivity index (χ0) is 29.3. The van der Waals surface area contributed by atoms with Crippen LogP contribution in [0.3, 0.4) is 0 Å². The van der Waals surface area contributed by atoms with E-state index in [9.17, 15) is 23.1 Å². The van der Waals surface area contributed by atoms with Crippen molar-refractivity contribution in [3.8, 4) is 28.0 Å². The molecule has 5 aromatic rings. The van der Waals surface area contributed by atoms with Gasteiger partial charge in [0.1, 0.15) is 5.75 Å². The lowest BCUT2D eigenvalue weighted by Gasteiger charge is -2.11. The summed E-state index contributed by atoms with van der Waals surface area (Å²) in [6, 6.07) is 20.0. The van der Waals surface area contributed by atoms with Gasteiger partial charge in [-0.2, -0.15) is 0 Å². The lowest BCUT2D eigenvalue weighted by Crippen LogP contribution is -2.14. The highest BCUT2D eigenvalue weighted by atomic mass is 32.2. The molecule has 0 unspecified atom stereocenters. The summed E-state index contributed by atoms with van der Waals surface area (Å²) in [6.45, 7) is 1.87. The third-order valence-corrected chi connectivity index (χ3v) is 8.26. The van der Waals surface area contributed by atoms with Gasteiger partial charge >= 0.3 is 12.1 Å². The molecule has 0 bridgehead atoms. The number of carbonyl (C=O) groups is 2. The number of aromatic nitrogens is 2. The van der Waals surface area contributed by atoms with Gasteiger partial charge in [-0.3, -0.25) is 5.32 Å². The normalized spacial score (nSPS) is 11.3. The smallest absolute Gasteiger partial charge is 0.411 e. The fraction of sp³-hybridized carbons (Fsp3) is 0.100. The number of methoxy groups -OCH3 is 2. The van der Waals surface area contributed by atoms with Crippen LogP contribution in [0, 0.1) is 6.92 Å². The third-order valence-electron chi connectivity index (χ3n) is 6.59. The summed E-state index contributed by atoms with van der Waals surface area (Å²) in [5, 5.41) is 12.7. The number of aryl methyl sites for hydroxylation is 1. The lowest BCUT2D eigenvalue weighted by molar-refractivity contribution is 0.0698. The zero-order valence-electron chi connectivity index (χ0n) is 22.3. The molecular weight excluding hydrogens is 546 g/mol. The minimum atomic E-state index is -4.02. The molecule has 0 spiro atoms. The van der Waals surface area contributed by atoms with Gasteiger partial charge in [-0.05, 0) is 48.9 Å². The van der Waals surface area contributed by atoms with Crippen molar-refractivity contribution in [1.82, 2.24) is 8.96 Å². The van der Waals surface area contributed by atoms with Gasteiger partial charge in [0, 0.05) is 34.5 Å². The Balaban J connectivity index is 1.73. The van der Waals surface area contributed by atoms with Crippen LogP contribution in [0.4, 0.5) is 10.5 Å². The number of carboxylic acids is 1. The molecule has 208 valence electrons. The fourth-order valence-corrected chi connectivity index (χ4v) is 5.82. The summed E-state index contributed by atoms with van der Waals surface area (Å²) in [5.74, 6) is -0.714. The summed E-state index contributed by atoms with van der Waals surface area (Å²) in [4.78, 5) is 28.3. The average molecular weight is 572 g/mol. The topological polar surface area (TPSA) is 137 Å². The molecule has 0 saturated carbocycles. The predicted molar refractivity (Wildman–Crippen MR) is 154 cm³/mol. The Labute approximate surface area is 235 Å². The second-order valence-electron chi connectivity index (χ2n) is 9.13. The number of aromatic carboxylic acids is 1. The molecule has 0 saturated heterocycles. The third kappa shape index (κ3) is 5.10. The summed E-state index contributed by atoms with van der Waals surface area (Å²) in [7, 11) is -1.31. The summed E-state index contributed by atoms with van der Waals surface area (Å²) in [6.07, 6.45) is 2.19. The number of hydrogen-bond donors (Lipinski definition) is 2. The van der Waals surface area contributed by atoms with Crippen molar-refractivity contribution in [2.24, 2.45) is 0 Å². The van der Waals surface area contributed by atoms with E-state index in [1.165, 1.54) is 38.7 Å². The quantitative estimate of drug-likeness (QED) is 0.250. The van der Waals surface area contributed by atoms with Crippen LogP contribution in [0.25, 0.3) is 33.3 Å². The molecule has 10 nitrogen and oxygen atoms in total. The molecule has 2 aromatic heterocycles. The van der Waals surface area contributed by atoms with Crippen LogP contribution >= 0.6 is 0 Å². The van der Waals surface area contributed by atoms with Gasteiger partial charge in [0.2, 0.25) is 0 Å². The van der Waals surface area contributed by atoms with Crippen molar-refractivity contribution in [1.29, 1.82) is 0 Å². The molecule has 2 N–H and O–H groups in total. The van der Waals surface area contributed by atoms with Crippen molar-refractivity contribution >= 4 is 38.8 Å². The van der Waals surface area contributed by atoms with E-state index >= 15 is 0 Å². The van der Waals surface area contributed by atoms with Crippen LogP contribution < -0.4 is 10.1 Å². The molecule has 41 heavy (non-hydrogen) atoms. The van der Waals surface area contributed by atoms with Crippen LogP contribution in [0.15, 0.2) is 90.1 Å². The Bertz CT molecular complexity index is 1910. The SMILES string of the molecule is COC(=O)Nc1ccc(-c2cnc3c(c2)c(-c2ccccc2OC)cn3S(=O)(=O)c2ccc(C)cc2)cc1C(=O)O. The average Bonchev–Trinajstić information content (AvgIpc) is 3.37. The van der Waals surface area contributed by atoms with E-state index in [1.54, 1.807) is 42.5 Å². The second kappa shape index (κ2) is 10.8. The second-order valence-corrected chi connectivity index (χ2v) is 10.9. The monoisotopic (exact) mass is 571 g/mol. The molecule has 3 aromatic carbocycles. The number of amides is 1. The van der Waals surface area contributed by atoms with Gasteiger partial charge < -0.3 is 14.6 Å². The minimum Gasteiger partial charge on any atom is -0.496 e. The van der Waals surface area contributed by atoms with Gasteiger partial charge in [0.25, 0.3) is 10.0 Å². The zero-order valence-corrected chi connectivity index (χ0v) is 23.1. The summed E-state index contributed by atoms with van der Waals surface area (Å²) < 4.78 is 38.8. The number of anilines is 1. The number of benzene rings is 3. The highest BCUT2D eigenvalue weighted by Gasteiger charge is 2.25. The highest BCUT2D eigenvalue weighted by molar-refractivity contribution is 7.90. The number of nitrogens with one attached hydrogen (secondary N) is 1. The molecule has 0 atom stereocenters. The van der Waals surface area contributed by atoms with Crippen LogP contribution in [0.2, 0.25) is 0 Å². The highest BCUT2D eigenvalue weighted by Crippen LogP contribution is 2.39. The van der Waals surface area contributed by atoms with Crippen molar-refractivity contribution in [3.63, 3.8) is 0 Å². The minimum absolute atomic E-state index is 0.0622. The van der Waals surface area contributed by atoms with Crippen LogP contribution in [-0.2, 0) is 14.8 Å². The predicted octanol–water partition coefficient (Wildman–Crippen LogP) is 5.80. The Hall–Kier alpha value is -5.16. The first-order chi connectivity index (χ1) is 19.6. The maximum atomic E-state index is 13.8. The molecular formula is C30H25N3O7S. The van der Waals surface area contributed by atoms with Gasteiger partial charge in [0.15, 0.2) is 5.65 Å². The molecule has 11 heteroatoms. The standard InChI is InChI=1S/C30H25N3O7S/c1-18-8-11-21(12-9-18)41(37,38)33-17-25(22-6-4-5-7-27(22)39-2)23-15-20(16-31-28(23)33)19-10-13-26(32-30(36)40-3)24(14-19)29(34)35/h4-17H,1-3H3,(H,32,36)(H,34,35). The van der Waals surface area contributed by atoms with Crippen LogP contribution in [0.1, 0.15) is 15.9 Å². The van der Waals surface area contributed by atoms with Crippen molar-refractivity contribution in [2.45, 2.75) is 11.8 Å². The maximum Gasteiger partial charge on any atom is 0.411 e. The maximum absolute atomic E-state index is 13.8. The number of carboxylic acid groups (broad SMARTS) is 1. The Morgan fingerprint density at radius 1 is 0.927 bits per heavy atom. The van der Waals surface area contributed by atoms with E-state index in [0.29, 0.717) is 33.4 Å². The number of ether oxygens (including phenoxy) is 2. The van der Waals surface area contributed by atoms with E-state index in [1.807, 2.05) is 25.1 Å². The van der Waals surface area contributed by atoms with Crippen LogP contribution in [-0.4, -0.2) is 48.8 Å². The number of rotatable bonds is 7. The number of carbonyl (C=O) groups excluding carboxylic acids is 1. The molecule has 0 aliphatic rings. The molecule has 5 rings (SSSR count). The first-order valence-electron chi connectivity index (χ1n) is 12.3. The molecule has 0 fully saturated rings. The number of hydrogen-bond acceptors (Lipinski definition) is 7. The van der Waals surface area contributed by atoms with E-state index < -0.39 is 22.1 Å². The van der Waals surface area contributed by atoms with Crippen molar-refractivity contribution < 1.29 is 32.6 Å². The van der Waals surface area contributed by atoms with Gasteiger partial charge in [-0.25, -0.2) is 27.0 Å². The number of fused-ring (bicyclic) bond motifs is 1. The van der Waals surface area contributed by atoms with Gasteiger partial charge in [-0.15, -0.1) is 0 Å². The molecule has 2 heterocycles. The first kappa shape index (κ1) is 27.4. The molecule has 0 radical (unpaired) electrons. The number of pyridine rings is 1. The molecule has 1 amide bonds. The van der Waals surface area contributed by atoms with E-state index in [0.717, 1.165) is 9.54 Å². The Kier molecular flexibility index (Phi) is 7.21. The Morgan fingerprint density at radius 2 is 1.66 bits per heavy atom. The summed E-state index contributed by atoms with van der Waals surface area (Å²) in [5.41, 5.74) is 3.26. The largest absolute Gasteiger partial charge is 0.496 e. The van der Waals surface area contributed by atoms with Gasteiger partial charge in [-0.1, -0.05) is 42.0 Å².